The van der Waals surface area contributed by atoms with Crippen LogP contribution in [-0.2, 0) is 16.1 Å². The predicted octanol–water partition coefficient (Wildman–Crippen LogP) is 2.96. The summed E-state index contributed by atoms with van der Waals surface area (Å²) >= 11 is 7.42. The smallest absolute Gasteiger partial charge is 0.261 e. The van der Waals surface area contributed by atoms with Gasteiger partial charge in [-0.3, -0.25) is 9.59 Å². The zero-order chi connectivity index (χ0) is 22.0. The SMILES string of the molecule is CC[C@H]1C(=O)N(Cc2ccc3c(N)ncnc3c2)CCN1C(=O)COc1cscc1Cl. The number of hydrogen-bond donors (Lipinski definition) is 1. The zero-order valence-corrected chi connectivity index (χ0v) is 18.5. The van der Waals surface area contributed by atoms with E-state index in [1.807, 2.05) is 25.1 Å². The molecule has 1 fully saturated rings. The molecule has 1 saturated heterocycles. The number of nitrogen functional groups attached to an aromatic ring is 1. The monoisotopic (exact) mass is 459 g/mol. The van der Waals surface area contributed by atoms with Gasteiger partial charge in [0.05, 0.1) is 10.5 Å². The summed E-state index contributed by atoms with van der Waals surface area (Å²) in [5.41, 5.74) is 7.57. The van der Waals surface area contributed by atoms with E-state index >= 15 is 0 Å². The van der Waals surface area contributed by atoms with E-state index in [-0.39, 0.29) is 18.4 Å². The highest BCUT2D eigenvalue weighted by Crippen LogP contribution is 2.28. The van der Waals surface area contributed by atoms with Gasteiger partial charge < -0.3 is 20.3 Å². The van der Waals surface area contributed by atoms with Gasteiger partial charge >= 0.3 is 0 Å². The quantitative estimate of drug-likeness (QED) is 0.608. The molecule has 8 nitrogen and oxygen atoms in total. The average Bonchev–Trinajstić information content (AvgIpc) is 3.18. The molecule has 0 unspecified atom stereocenters. The summed E-state index contributed by atoms with van der Waals surface area (Å²) in [5, 5.41) is 4.75. The maximum atomic E-state index is 13.1. The number of rotatable bonds is 6. The summed E-state index contributed by atoms with van der Waals surface area (Å²) < 4.78 is 5.53. The summed E-state index contributed by atoms with van der Waals surface area (Å²) in [4.78, 5) is 37.5. The molecule has 3 aromatic rings. The Kier molecular flexibility index (Phi) is 6.24. The number of halogens is 1. The molecule has 0 radical (unpaired) electrons. The number of carbonyl (C=O) groups is 2. The van der Waals surface area contributed by atoms with Crippen LogP contribution in [0.4, 0.5) is 5.82 Å². The van der Waals surface area contributed by atoms with Crippen LogP contribution in [0.5, 0.6) is 5.75 Å². The van der Waals surface area contributed by atoms with Crippen LogP contribution in [0, 0.1) is 0 Å². The van der Waals surface area contributed by atoms with Gasteiger partial charge in [-0.1, -0.05) is 24.6 Å². The highest BCUT2D eigenvalue weighted by Gasteiger charge is 2.36. The summed E-state index contributed by atoms with van der Waals surface area (Å²) in [6, 6.07) is 5.19. The molecular weight excluding hydrogens is 438 g/mol. The van der Waals surface area contributed by atoms with E-state index in [1.165, 1.54) is 17.7 Å². The van der Waals surface area contributed by atoms with Crippen LogP contribution < -0.4 is 10.5 Å². The van der Waals surface area contributed by atoms with E-state index < -0.39 is 6.04 Å². The van der Waals surface area contributed by atoms with Gasteiger partial charge in [0.15, 0.2) is 6.61 Å². The molecular formula is C21H22ClN5O3S. The van der Waals surface area contributed by atoms with Crippen LogP contribution in [0.3, 0.4) is 0 Å². The first-order valence-corrected chi connectivity index (χ1v) is 11.2. The average molecular weight is 460 g/mol. The summed E-state index contributed by atoms with van der Waals surface area (Å²) in [7, 11) is 0. The normalized spacial score (nSPS) is 16.7. The first-order valence-electron chi connectivity index (χ1n) is 9.89. The van der Waals surface area contributed by atoms with Crippen molar-refractivity contribution >= 4 is 51.5 Å². The van der Waals surface area contributed by atoms with Crippen LogP contribution in [0.15, 0.2) is 35.3 Å². The molecule has 0 bridgehead atoms. The summed E-state index contributed by atoms with van der Waals surface area (Å²) in [5.74, 6) is 0.619. The van der Waals surface area contributed by atoms with Crippen LogP contribution in [0.25, 0.3) is 10.9 Å². The molecule has 0 spiro atoms. The second-order valence-electron chi connectivity index (χ2n) is 7.25. The third-order valence-electron chi connectivity index (χ3n) is 5.33. The minimum atomic E-state index is -0.513. The number of amides is 2. The molecule has 0 saturated carbocycles. The molecule has 1 atom stereocenters. The topological polar surface area (TPSA) is 102 Å². The third-order valence-corrected chi connectivity index (χ3v) is 6.48. The number of carbonyl (C=O) groups excluding carboxylic acids is 2. The molecule has 2 amide bonds. The number of fused-ring (bicyclic) bond motifs is 1. The van der Waals surface area contributed by atoms with E-state index in [0.717, 1.165) is 16.5 Å². The summed E-state index contributed by atoms with van der Waals surface area (Å²) in [6.45, 7) is 3.10. The van der Waals surface area contributed by atoms with Gasteiger partial charge in [0.1, 0.15) is 23.9 Å². The van der Waals surface area contributed by atoms with Gasteiger partial charge in [0.25, 0.3) is 5.91 Å². The molecule has 3 heterocycles. The van der Waals surface area contributed by atoms with E-state index in [1.54, 1.807) is 20.6 Å². The summed E-state index contributed by atoms with van der Waals surface area (Å²) in [6.07, 6.45) is 1.96. The van der Waals surface area contributed by atoms with Gasteiger partial charge in [-0.2, -0.15) is 0 Å². The number of aromatic nitrogens is 2. The fraction of sp³-hybridized carbons (Fsp3) is 0.333. The third kappa shape index (κ3) is 4.42. The van der Waals surface area contributed by atoms with Crippen molar-refractivity contribution in [3.63, 3.8) is 0 Å². The minimum Gasteiger partial charge on any atom is -0.481 e. The zero-order valence-electron chi connectivity index (χ0n) is 17.0. The molecule has 10 heteroatoms. The van der Waals surface area contributed by atoms with Crippen molar-refractivity contribution in [2.45, 2.75) is 25.9 Å². The number of nitrogens with zero attached hydrogens (tertiary/aromatic N) is 4. The van der Waals surface area contributed by atoms with E-state index in [0.29, 0.717) is 42.6 Å². The number of anilines is 1. The lowest BCUT2D eigenvalue weighted by Crippen LogP contribution is -2.59. The lowest BCUT2D eigenvalue weighted by Gasteiger charge is -2.40. The molecule has 162 valence electrons. The second-order valence-corrected chi connectivity index (χ2v) is 8.40. The Balaban J connectivity index is 1.43. The van der Waals surface area contributed by atoms with Crippen molar-refractivity contribution in [1.82, 2.24) is 19.8 Å². The maximum Gasteiger partial charge on any atom is 0.261 e. The van der Waals surface area contributed by atoms with E-state index in [4.69, 9.17) is 22.1 Å². The Morgan fingerprint density at radius 2 is 2.16 bits per heavy atom. The predicted molar refractivity (Wildman–Crippen MR) is 120 cm³/mol. The Morgan fingerprint density at radius 3 is 2.90 bits per heavy atom. The Morgan fingerprint density at radius 1 is 1.32 bits per heavy atom. The maximum absolute atomic E-state index is 13.1. The minimum absolute atomic E-state index is 0.0713. The Bertz CT molecular complexity index is 1120. The largest absolute Gasteiger partial charge is 0.481 e. The van der Waals surface area contributed by atoms with Crippen molar-refractivity contribution in [2.24, 2.45) is 0 Å². The van der Waals surface area contributed by atoms with E-state index in [2.05, 4.69) is 9.97 Å². The second kappa shape index (κ2) is 9.07. The number of benzene rings is 1. The lowest BCUT2D eigenvalue weighted by atomic mass is 10.1. The highest BCUT2D eigenvalue weighted by atomic mass is 35.5. The Hall–Kier alpha value is -2.91. The van der Waals surface area contributed by atoms with Gasteiger partial charge in [-0.15, -0.1) is 11.3 Å². The first-order chi connectivity index (χ1) is 15.0. The molecule has 2 N–H and O–H groups in total. The molecule has 1 aromatic carbocycles. The lowest BCUT2D eigenvalue weighted by molar-refractivity contribution is -0.153. The van der Waals surface area contributed by atoms with Crippen LogP contribution in [0.2, 0.25) is 5.02 Å². The number of hydrogen-bond acceptors (Lipinski definition) is 7. The van der Waals surface area contributed by atoms with Crippen LogP contribution in [-0.4, -0.2) is 57.3 Å². The van der Waals surface area contributed by atoms with Crippen molar-refractivity contribution in [1.29, 1.82) is 0 Å². The fourth-order valence-corrected chi connectivity index (χ4v) is 4.68. The van der Waals surface area contributed by atoms with Gasteiger partial charge in [-0.05, 0) is 24.1 Å². The number of ether oxygens (including phenoxy) is 1. The molecule has 1 aliphatic heterocycles. The van der Waals surface area contributed by atoms with Gasteiger partial charge in [-0.25, -0.2) is 9.97 Å². The van der Waals surface area contributed by atoms with Crippen LogP contribution >= 0.6 is 22.9 Å². The molecule has 1 aliphatic rings. The number of piperazine rings is 1. The standard InChI is InChI=1S/C21H22ClN5O3S/c1-2-17-21(29)26(8-13-3-4-14-16(7-13)24-12-25-20(14)23)5-6-27(17)19(28)9-30-18-11-31-10-15(18)22/h3-4,7,10-12,17H,2,5-6,8-9H2,1H3,(H2,23,24,25)/t17-/m0/s1. The molecule has 31 heavy (non-hydrogen) atoms. The van der Waals surface area contributed by atoms with Crippen LogP contribution in [0.1, 0.15) is 18.9 Å². The van der Waals surface area contributed by atoms with Gasteiger partial charge in [0, 0.05) is 35.8 Å². The van der Waals surface area contributed by atoms with Crippen molar-refractivity contribution in [3.05, 3.63) is 45.9 Å². The Labute approximate surface area is 188 Å². The highest BCUT2D eigenvalue weighted by molar-refractivity contribution is 7.08. The van der Waals surface area contributed by atoms with Crippen molar-refractivity contribution < 1.29 is 14.3 Å². The molecule has 0 aliphatic carbocycles. The first kappa shape index (κ1) is 21.3. The fourth-order valence-electron chi connectivity index (χ4n) is 3.73. The van der Waals surface area contributed by atoms with E-state index in [9.17, 15) is 9.59 Å². The number of thiophene rings is 1. The van der Waals surface area contributed by atoms with Gasteiger partial charge in [0.2, 0.25) is 5.91 Å². The number of nitrogens with two attached hydrogens (primary N) is 1. The molecule has 2 aromatic heterocycles. The van der Waals surface area contributed by atoms with Crippen molar-refractivity contribution in [3.8, 4) is 5.75 Å². The molecule has 4 rings (SSSR count). The van der Waals surface area contributed by atoms with Crippen molar-refractivity contribution in [2.75, 3.05) is 25.4 Å².